The Hall–Kier alpha value is -1.53. The van der Waals surface area contributed by atoms with Gasteiger partial charge in [-0.05, 0) is 18.2 Å². The Balaban J connectivity index is 2.48. The molecule has 0 atom stereocenters. The first kappa shape index (κ1) is 12.9. The quantitative estimate of drug-likeness (QED) is 0.916. The van der Waals surface area contributed by atoms with Gasteiger partial charge in [-0.1, -0.05) is 17.7 Å². The molecule has 18 heavy (non-hydrogen) atoms. The minimum absolute atomic E-state index is 0.178. The molecule has 2 aromatic rings. The van der Waals surface area contributed by atoms with E-state index in [1.807, 2.05) is 0 Å². The third kappa shape index (κ3) is 2.34. The summed E-state index contributed by atoms with van der Waals surface area (Å²) in [5, 5.41) is 4.14. The summed E-state index contributed by atoms with van der Waals surface area (Å²) in [7, 11) is 0. The van der Waals surface area contributed by atoms with E-state index in [2.05, 4.69) is 5.10 Å². The molecule has 0 saturated heterocycles. The standard InChI is InChI=1S/C11H9ClF3N3/c12-10-7(5-16)6-17-18(10)9-3-1-2-8(4-9)11(13,14)15/h1-4,6H,5,16H2. The first-order valence-electron chi connectivity index (χ1n) is 5.03. The Morgan fingerprint density at radius 3 is 2.61 bits per heavy atom. The Bertz CT molecular complexity index is 563. The smallest absolute Gasteiger partial charge is 0.326 e. The van der Waals surface area contributed by atoms with Crippen molar-refractivity contribution in [2.75, 3.05) is 0 Å². The fourth-order valence-corrected chi connectivity index (χ4v) is 1.77. The van der Waals surface area contributed by atoms with Crippen LogP contribution in [0.15, 0.2) is 30.5 Å². The maximum absolute atomic E-state index is 12.6. The van der Waals surface area contributed by atoms with E-state index in [9.17, 15) is 13.2 Å². The summed E-state index contributed by atoms with van der Waals surface area (Å²) in [5.74, 6) is 0. The number of aromatic nitrogens is 2. The first-order chi connectivity index (χ1) is 8.43. The highest BCUT2D eigenvalue weighted by atomic mass is 35.5. The Labute approximate surface area is 106 Å². The third-order valence-corrected chi connectivity index (χ3v) is 2.82. The molecule has 0 fully saturated rings. The summed E-state index contributed by atoms with van der Waals surface area (Å²) in [6, 6.07) is 4.77. The van der Waals surface area contributed by atoms with Crippen LogP contribution in [-0.4, -0.2) is 9.78 Å². The number of benzene rings is 1. The van der Waals surface area contributed by atoms with Gasteiger partial charge in [-0.2, -0.15) is 18.3 Å². The number of nitrogens with zero attached hydrogens (tertiary/aromatic N) is 2. The molecule has 0 amide bonds. The zero-order valence-electron chi connectivity index (χ0n) is 9.08. The van der Waals surface area contributed by atoms with Crippen LogP contribution >= 0.6 is 11.6 Å². The van der Waals surface area contributed by atoms with Gasteiger partial charge in [0.05, 0.1) is 17.4 Å². The van der Waals surface area contributed by atoms with Crippen molar-refractivity contribution in [3.63, 3.8) is 0 Å². The van der Waals surface area contributed by atoms with Crippen molar-refractivity contribution in [1.29, 1.82) is 0 Å². The lowest BCUT2D eigenvalue weighted by atomic mass is 10.2. The van der Waals surface area contributed by atoms with Crippen LogP contribution in [0, 0.1) is 0 Å². The lowest BCUT2D eigenvalue weighted by molar-refractivity contribution is -0.137. The molecule has 0 bridgehead atoms. The maximum atomic E-state index is 12.6. The van der Waals surface area contributed by atoms with Gasteiger partial charge >= 0.3 is 6.18 Å². The average Bonchev–Trinajstić information content (AvgIpc) is 2.69. The Kier molecular flexibility index (Phi) is 3.32. The normalized spacial score (nSPS) is 11.8. The van der Waals surface area contributed by atoms with Gasteiger partial charge in [0.25, 0.3) is 0 Å². The van der Waals surface area contributed by atoms with E-state index >= 15 is 0 Å². The van der Waals surface area contributed by atoms with Crippen LogP contribution in [-0.2, 0) is 12.7 Å². The van der Waals surface area contributed by atoms with E-state index in [0.29, 0.717) is 5.56 Å². The summed E-state index contributed by atoms with van der Waals surface area (Å²) in [5.41, 5.74) is 5.50. The van der Waals surface area contributed by atoms with E-state index in [1.165, 1.54) is 23.0 Å². The van der Waals surface area contributed by atoms with Gasteiger partial charge in [-0.25, -0.2) is 4.68 Å². The second kappa shape index (κ2) is 4.62. The zero-order valence-corrected chi connectivity index (χ0v) is 9.83. The summed E-state index contributed by atoms with van der Waals surface area (Å²) < 4.78 is 38.9. The summed E-state index contributed by atoms with van der Waals surface area (Å²) in [4.78, 5) is 0. The fourth-order valence-electron chi connectivity index (χ4n) is 1.50. The lowest BCUT2D eigenvalue weighted by Gasteiger charge is -2.09. The van der Waals surface area contributed by atoms with Crippen molar-refractivity contribution in [3.05, 3.63) is 46.7 Å². The molecule has 1 heterocycles. The highest BCUT2D eigenvalue weighted by Crippen LogP contribution is 2.31. The van der Waals surface area contributed by atoms with Crippen LogP contribution in [0.5, 0.6) is 0 Å². The molecule has 0 saturated carbocycles. The molecule has 3 nitrogen and oxygen atoms in total. The summed E-state index contributed by atoms with van der Waals surface area (Å²) >= 11 is 5.96. The van der Waals surface area contributed by atoms with Crippen molar-refractivity contribution in [3.8, 4) is 5.69 Å². The molecular formula is C11H9ClF3N3. The number of hydrogen-bond donors (Lipinski definition) is 1. The minimum atomic E-state index is -4.40. The molecular weight excluding hydrogens is 267 g/mol. The maximum Gasteiger partial charge on any atom is 0.416 e. The van der Waals surface area contributed by atoms with Crippen LogP contribution in [0.3, 0.4) is 0 Å². The molecule has 0 spiro atoms. The van der Waals surface area contributed by atoms with Crippen LogP contribution in [0.4, 0.5) is 13.2 Å². The Morgan fingerprint density at radius 1 is 1.33 bits per heavy atom. The molecule has 1 aromatic carbocycles. The van der Waals surface area contributed by atoms with Crippen molar-refractivity contribution >= 4 is 11.6 Å². The van der Waals surface area contributed by atoms with Crippen LogP contribution < -0.4 is 5.73 Å². The van der Waals surface area contributed by atoms with Gasteiger partial charge in [0.2, 0.25) is 0 Å². The SMILES string of the molecule is NCc1cnn(-c2cccc(C(F)(F)F)c2)c1Cl. The first-order valence-corrected chi connectivity index (χ1v) is 5.41. The van der Waals surface area contributed by atoms with Crippen LogP contribution in [0.1, 0.15) is 11.1 Å². The number of rotatable bonds is 2. The third-order valence-electron chi connectivity index (χ3n) is 2.42. The topological polar surface area (TPSA) is 43.8 Å². The molecule has 0 aliphatic carbocycles. The van der Waals surface area contributed by atoms with E-state index in [-0.39, 0.29) is 17.4 Å². The van der Waals surface area contributed by atoms with Crippen molar-refractivity contribution < 1.29 is 13.2 Å². The van der Waals surface area contributed by atoms with Gasteiger partial charge < -0.3 is 5.73 Å². The van der Waals surface area contributed by atoms with Crippen molar-refractivity contribution in [2.24, 2.45) is 5.73 Å². The molecule has 0 aliphatic heterocycles. The average molecular weight is 276 g/mol. The number of nitrogens with two attached hydrogens (primary N) is 1. The summed E-state index contributed by atoms with van der Waals surface area (Å²) in [6.07, 6.45) is -2.96. The second-order valence-electron chi connectivity index (χ2n) is 3.62. The molecule has 0 aliphatic rings. The number of hydrogen-bond acceptors (Lipinski definition) is 2. The monoisotopic (exact) mass is 275 g/mol. The van der Waals surface area contributed by atoms with Gasteiger partial charge in [-0.3, -0.25) is 0 Å². The molecule has 2 rings (SSSR count). The van der Waals surface area contributed by atoms with Crippen molar-refractivity contribution in [1.82, 2.24) is 9.78 Å². The van der Waals surface area contributed by atoms with Crippen LogP contribution in [0.2, 0.25) is 5.15 Å². The fraction of sp³-hybridized carbons (Fsp3) is 0.182. The number of alkyl halides is 3. The highest BCUT2D eigenvalue weighted by molar-refractivity contribution is 6.30. The summed E-state index contributed by atoms with van der Waals surface area (Å²) in [6.45, 7) is 0.178. The molecule has 0 unspecified atom stereocenters. The predicted molar refractivity (Wildman–Crippen MR) is 61.5 cm³/mol. The molecule has 0 radical (unpaired) electrons. The minimum Gasteiger partial charge on any atom is -0.326 e. The highest BCUT2D eigenvalue weighted by Gasteiger charge is 2.30. The molecule has 1 aromatic heterocycles. The molecule has 2 N–H and O–H groups in total. The van der Waals surface area contributed by atoms with Gasteiger partial charge in [0.15, 0.2) is 0 Å². The van der Waals surface area contributed by atoms with E-state index in [1.54, 1.807) is 0 Å². The van der Waals surface area contributed by atoms with Crippen molar-refractivity contribution in [2.45, 2.75) is 12.7 Å². The second-order valence-corrected chi connectivity index (χ2v) is 3.98. The van der Waals surface area contributed by atoms with Gasteiger partial charge in [-0.15, -0.1) is 0 Å². The van der Waals surface area contributed by atoms with E-state index in [4.69, 9.17) is 17.3 Å². The number of halogens is 4. The lowest BCUT2D eigenvalue weighted by Crippen LogP contribution is -2.06. The van der Waals surface area contributed by atoms with Gasteiger partial charge in [0.1, 0.15) is 5.15 Å². The largest absolute Gasteiger partial charge is 0.416 e. The molecule has 96 valence electrons. The molecule has 7 heteroatoms. The van der Waals surface area contributed by atoms with E-state index in [0.717, 1.165) is 12.1 Å². The van der Waals surface area contributed by atoms with Crippen LogP contribution in [0.25, 0.3) is 5.69 Å². The predicted octanol–water partition coefficient (Wildman–Crippen LogP) is 3.00. The zero-order chi connectivity index (χ0) is 13.3. The van der Waals surface area contributed by atoms with E-state index < -0.39 is 11.7 Å². The van der Waals surface area contributed by atoms with Gasteiger partial charge in [0, 0.05) is 12.1 Å². The Morgan fingerprint density at radius 2 is 2.06 bits per heavy atom.